The third kappa shape index (κ3) is 29.8. The number of hydrogen-bond donors (Lipinski definition) is 4. The second-order valence-electron chi connectivity index (χ2n) is 16.7. The van der Waals surface area contributed by atoms with Crippen LogP contribution in [0.2, 0.25) is 0 Å². The molecule has 24 nitrogen and oxygen atoms in total. The van der Waals surface area contributed by atoms with E-state index in [2.05, 4.69) is 54.8 Å². The van der Waals surface area contributed by atoms with Crippen molar-refractivity contribution in [1.82, 2.24) is 54.8 Å². The summed E-state index contributed by atoms with van der Waals surface area (Å²) in [7, 11) is 0. The van der Waals surface area contributed by atoms with Crippen molar-refractivity contribution in [3.63, 3.8) is 0 Å². The van der Waals surface area contributed by atoms with Crippen molar-refractivity contribution < 1.29 is 103 Å². The van der Waals surface area contributed by atoms with Gasteiger partial charge in [0.15, 0.2) is 0 Å². The summed E-state index contributed by atoms with van der Waals surface area (Å²) in [6.07, 6.45) is 21.2. The van der Waals surface area contributed by atoms with Crippen LogP contribution in [0, 0.1) is 47.3 Å². The molecule has 12 rings (SSSR count). The largest absolute Gasteiger partial charge is 2.00 e. The van der Waals surface area contributed by atoms with Crippen molar-refractivity contribution in [2.75, 3.05) is 0 Å². The smallest absolute Gasteiger partial charge is 0.512 e. The third-order valence-electron chi connectivity index (χ3n) is 11.0. The van der Waals surface area contributed by atoms with Gasteiger partial charge in [0, 0.05) is 87.5 Å². The van der Waals surface area contributed by atoms with Crippen LogP contribution in [0.3, 0.4) is 0 Å². The van der Waals surface area contributed by atoms with Crippen LogP contribution in [0.4, 0.5) is 0 Å². The van der Waals surface area contributed by atoms with Gasteiger partial charge in [-0.3, -0.25) is 49.8 Å². The van der Waals surface area contributed by atoms with E-state index in [1.165, 1.54) is 79.5 Å². The van der Waals surface area contributed by atoms with Gasteiger partial charge >= 0.3 is 68.7 Å². The molecule has 0 aliphatic carbocycles. The van der Waals surface area contributed by atoms with E-state index in [1.807, 2.05) is 146 Å². The first-order valence-corrected chi connectivity index (χ1v) is 26.0. The Bertz CT molecular complexity index is 3660. The molecule has 95 heavy (non-hydrogen) atoms. The summed E-state index contributed by atoms with van der Waals surface area (Å²) in [6.45, 7) is 19.0. The van der Waals surface area contributed by atoms with Crippen molar-refractivity contribution in [2.24, 2.45) is 0 Å². The average molecular weight is 1520 g/mol. The molecule has 0 amide bonds. The number of nitrogens with zero attached hydrogens (tertiary/aromatic N) is 16. The molecule has 0 unspecified atom stereocenters. The van der Waals surface area contributed by atoms with E-state index in [0.717, 1.165) is 45.6 Å². The molecule has 4 N–H and O–H groups in total. The number of pyridine rings is 12. The fourth-order valence-corrected chi connectivity index (χ4v) is 6.94. The maximum atomic E-state index is 10.8. The Morgan fingerprint density at radius 1 is 0.263 bits per heavy atom. The van der Waals surface area contributed by atoms with Gasteiger partial charge in [0.1, 0.15) is 6.20 Å². The van der Waals surface area contributed by atoms with E-state index in [-0.39, 0.29) is 80.7 Å². The average Bonchev–Trinajstić information content (AvgIpc) is 1.34. The van der Waals surface area contributed by atoms with Crippen LogP contribution in [0.5, 0.6) is 0 Å². The molecular weight excluding hydrogens is 1470 g/mol. The summed E-state index contributed by atoms with van der Waals surface area (Å²) in [5, 5.41) is 60.3. The third-order valence-corrected chi connectivity index (χ3v) is 11.0. The second-order valence-corrected chi connectivity index (χ2v) is 16.7. The van der Waals surface area contributed by atoms with Crippen LogP contribution in [0.25, 0.3) is 62.8 Å². The van der Waals surface area contributed by atoms with Crippen LogP contribution in [-0.4, -0.2) is 99.1 Å². The Morgan fingerprint density at radius 2 is 0.463 bits per heavy atom. The minimum Gasteiger partial charge on any atom is -0.512 e. The minimum atomic E-state index is -1.08. The molecule has 472 valence electrons. The van der Waals surface area contributed by atoms with Gasteiger partial charge in [0.25, 0.3) is 0 Å². The fraction of sp³-hybridized carbons (Fsp3) is 0. The summed E-state index contributed by atoms with van der Waals surface area (Å²) in [4.78, 5) is 88.6. The van der Waals surface area contributed by atoms with Gasteiger partial charge in [-0.05, 0) is 145 Å². The van der Waals surface area contributed by atoms with Gasteiger partial charge < -0.3 is 67.8 Å². The number of aromatic nitrogens is 12. The quantitative estimate of drug-likeness (QED) is 0.0561. The molecule has 12 aromatic heterocycles. The minimum absolute atomic E-state index is 0. The molecular formula is C68H49N16O8Ru3+. The monoisotopic (exact) mass is 1520 g/mol. The molecule has 12 aromatic rings. The van der Waals surface area contributed by atoms with E-state index in [0.29, 0.717) is 17.2 Å². The maximum absolute atomic E-state index is 10.8. The van der Waals surface area contributed by atoms with Crippen molar-refractivity contribution >= 4 is 23.9 Å². The first kappa shape index (κ1) is 82.5. The molecule has 12 heterocycles. The van der Waals surface area contributed by atoms with Crippen LogP contribution in [0.1, 0.15) is 41.4 Å². The van der Waals surface area contributed by atoms with E-state index < -0.39 is 23.9 Å². The molecule has 0 radical (unpaired) electrons. The normalized spacial score (nSPS) is 8.76. The number of carboxylic acids is 4. The number of carbonyl (C=O) groups is 4. The molecule has 0 saturated heterocycles. The summed E-state index contributed by atoms with van der Waals surface area (Å²) >= 11 is 0. The van der Waals surface area contributed by atoms with Crippen LogP contribution in [0.15, 0.2) is 275 Å². The number of rotatable bonds is 10. The molecule has 0 aromatic carbocycles. The van der Waals surface area contributed by atoms with Crippen LogP contribution in [-0.2, 0) is 58.4 Å². The van der Waals surface area contributed by atoms with Gasteiger partial charge in [-0.2, -0.15) is 0 Å². The van der Waals surface area contributed by atoms with Crippen molar-refractivity contribution in [3.8, 4) is 62.8 Å². The predicted octanol–water partition coefficient (Wildman–Crippen LogP) is 11.2. The molecule has 0 aliphatic heterocycles. The van der Waals surface area contributed by atoms with E-state index >= 15 is 0 Å². The van der Waals surface area contributed by atoms with E-state index in [9.17, 15) is 19.2 Å². The van der Waals surface area contributed by atoms with Gasteiger partial charge in [0.2, 0.25) is 0 Å². The second kappa shape index (κ2) is 49.3. The van der Waals surface area contributed by atoms with Gasteiger partial charge in [-0.1, -0.05) is 48.5 Å². The Kier molecular flexibility index (Phi) is 42.8. The molecule has 0 spiro atoms. The summed E-state index contributed by atoms with van der Waals surface area (Å²) < 4.78 is 1.54. The molecule has 0 atom stereocenters. The predicted molar refractivity (Wildman–Crippen MR) is 331 cm³/mol. The Labute approximate surface area is 584 Å². The zero-order valence-corrected chi connectivity index (χ0v) is 54.3. The number of hydrogen-bond acceptors (Lipinski definition) is 19. The zero-order valence-electron chi connectivity index (χ0n) is 49.1. The molecule has 0 bridgehead atoms. The summed E-state index contributed by atoms with van der Waals surface area (Å²) in [5.74, 6) is -3.80. The topological polar surface area (TPSA) is 390 Å². The van der Waals surface area contributed by atoms with Crippen molar-refractivity contribution in [3.05, 3.63) is 323 Å². The van der Waals surface area contributed by atoms with Crippen LogP contribution < -0.4 is 4.57 Å². The maximum Gasteiger partial charge on any atom is 2.00 e. The SMILES string of the molecule is O=C(O)c1cc[n+](-c2cc(C(=O)O)ccn2)cc1.O=C(O)c1ccnc(-c2cc(C(=O)O)ccn2)c1.[C-]#N.[C-]#N.[C-]#N.[C-]#N.[Ru+2].[Ru+2].[Ru].c1ccc(-c2ccccn2)nc1.c1ccc(-c2ccccn2)nc1.c1ccc(-c2ccccn2)nc1.c1ccc(-c2ccccn2)nc1. The van der Waals surface area contributed by atoms with E-state index in [4.69, 9.17) is 67.8 Å². The number of carboxylic acid groups (broad SMARTS) is 4. The van der Waals surface area contributed by atoms with Crippen molar-refractivity contribution in [2.45, 2.75) is 0 Å². The Hall–Kier alpha value is -12.5. The van der Waals surface area contributed by atoms with Gasteiger partial charge in [0.05, 0.1) is 91.6 Å². The summed E-state index contributed by atoms with van der Waals surface area (Å²) in [5.41, 5.74) is 8.37. The first-order chi connectivity index (χ1) is 45.0. The molecule has 27 heteroatoms. The zero-order chi connectivity index (χ0) is 67.1. The first-order valence-electron chi connectivity index (χ1n) is 26.0. The molecule has 0 fully saturated rings. The summed E-state index contributed by atoms with van der Waals surface area (Å²) in [6, 6.07) is 57.4. The standard InChI is InChI=1S/2C12H8N2O4.4C10H8N2.4CN.3Ru/c15-11(16)8-2-5-14(6-3-8)10-7-9(12(17)18)1-4-13-10;15-11(16)7-1-3-13-9(5-7)10-6-8(12(17)18)2-4-14-10;4*1-3-7-11-9(5-1)10-6-2-4-8-12-10;4*1-2;;;/h1-7H,(H-,15,16,17,18);1-6H,(H,15,16)(H,17,18);4*1-8H;;;;;;;/q;;;;;;4*-1;;2*+2/p+1. The van der Waals surface area contributed by atoms with Crippen LogP contribution >= 0.6 is 0 Å². The molecule has 0 saturated carbocycles. The van der Waals surface area contributed by atoms with E-state index in [1.54, 1.807) is 54.1 Å². The fourth-order valence-electron chi connectivity index (χ4n) is 6.94. The molecule has 0 aliphatic rings. The van der Waals surface area contributed by atoms with Gasteiger partial charge in [-0.15, -0.1) is 0 Å². The number of aromatic carboxylic acids is 4. The Balaban J connectivity index is 0.00000109. The van der Waals surface area contributed by atoms with Crippen molar-refractivity contribution in [1.29, 1.82) is 21.0 Å². The Morgan fingerprint density at radius 3 is 0.663 bits per heavy atom. The van der Waals surface area contributed by atoms with Gasteiger partial charge in [-0.25, -0.2) is 23.7 Å².